The number of benzene rings is 1. The second-order valence-electron chi connectivity index (χ2n) is 4.27. The van der Waals surface area contributed by atoms with E-state index in [1.807, 2.05) is 10.8 Å². The molecule has 0 bridgehead atoms. The number of unbranched alkanes of at least 4 members (excludes halogenated alkanes) is 1. The third-order valence-electron chi connectivity index (χ3n) is 2.79. The lowest BCUT2D eigenvalue weighted by Gasteiger charge is -1.99. The van der Waals surface area contributed by atoms with Gasteiger partial charge in [0.15, 0.2) is 0 Å². The summed E-state index contributed by atoms with van der Waals surface area (Å²) in [5, 5.41) is 0. The SMILES string of the molecule is CCCCn1cc(-c2ccc(C)cc2)sc1=O. The predicted molar refractivity (Wildman–Crippen MR) is 73.7 cm³/mol. The molecule has 0 saturated carbocycles. The van der Waals surface area contributed by atoms with E-state index in [-0.39, 0.29) is 4.87 Å². The molecule has 2 nitrogen and oxygen atoms in total. The van der Waals surface area contributed by atoms with Crippen LogP contribution in [0.15, 0.2) is 35.3 Å². The average molecular weight is 247 g/mol. The molecular formula is C14H17NOS. The van der Waals surface area contributed by atoms with E-state index >= 15 is 0 Å². The maximum atomic E-state index is 11.8. The fourth-order valence-electron chi connectivity index (χ4n) is 1.71. The molecule has 0 N–H and O–H groups in total. The summed E-state index contributed by atoms with van der Waals surface area (Å²) in [6.07, 6.45) is 4.15. The van der Waals surface area contributed by atoms with Crippen LogP contribution in [0.5, 0.6) is 0 Å². The summed E-state index contributed by atoms with van der Waals surface area (Å²) < 4.78 is 1.82. The summed E-state index contributed by atoms with van der Waals surface area (Å²) in [5.74, 6) is 0. The molecule has 2 aromatic rings. The molecule has 1 aromatic heterocycles. The summed E-state index contributed by atoms with van der Waals surface area (Å²) in [6, 6.07) is 8.31. The number of rotatable bonds is 4. The van der Waals surface area contributed by atoms with Gasteiger partial charge < -0.3 is 4.57 Å². The van der Waals surface area contributed by atoms with Crippen molar-refractivity contribution in [1.82, 2.24) is 4.57 Å². The van der Waals surface area contributed by atoms with Crippen LogP contribution in [0.1, 0.15) is 25.3 Å². The molecule has 0 fully saturated rings. The molecule has 0 spiro atoms. The molecule has 3 heteroatoms. The summed E-state index contributed by atoms with van der Waals surface area (Å²) in [4.78, 5) is 13.0. The zero-order chi connectivity index (χ0) is 12.3. The first-order chi connectivity index (χ1) is 8.20. The molecule has 2 rings (SSSR count). The molecule has 0 saturated heterocycles. The van der Waals surface area contributed by atoms with E-state index in [1.165, 1.54) is 16.9 Å². The summed E-state index contributed by atoms with van der Waals surface area (Å²) in [5.41, 5.74) is 2.37. The van der Waals surface area contributed by atoms with Crippen molar-refractivity contribution in [2.45, 2.75) is 33.2 Å². The van der Waals surface area contributed by atoms with Gasteiger partial charge in [0.25, 0.3) is 0 Å². The van der Waals surface area contributed by atoms with Crippen LogP contribution in [0.3, 0.4) is 0 Å². The van der Waals surface area contributed by atoms with Gasteiger partial charge in [-0.05, 0) is 18.9 Å². The molecule has 0 unspecified atom stereocenters. The lowest BCUT2D eigenvalue weighted by Crippen LogP contribution is -2.11. The zero-order valence-electron chi connectivity index (χ0n) is 10.3. The largest absolute Gasteiger partial charge is 0.307 e. The third-order valence-corrected chi connectivity index (χ3v) is 3.76. The highest BCUT2D eigenvalue weighted by Crippen LogP contribution is 2.22. The maximum absolute atomic E-state index is 11.8. The van der Waals surface area contributed by atoms with Gasteiger partial charge in [-0.15, -0.1) is 0 Å². The van der Waals surface area contributed by atoms with E-state index in [0.717, 1.165) is 29.8 Å². The molecule has 1 heterocycles. The lowest BCUT2D eigenvalue weighted by molar-refractivity contribution is 0.624. The number of hydrogen-bond acceptors (Lipinski definition) is 2. The Morgan fingerprint density at radius 2 is 1.94 bits per heavy atom. The standard InChI is InChI=1S/C14H17NOS/c1-3-4-9-15-10-13(17-14(15)16)12-7-5-11(2)6-8-12/h5-8,10H,3-4,9H2,1-2H3. The van der Waals surface area contributed by atoms with Gasteiger partial charge in [0, 0.05) is 12.7 Å². The number of nitrogens with zero attached hydrogens (tertiary/aromatic N) is 1. The number of aromatic nitrogens is 1. The van der Waals surface area contributed by atoms with E-state index in [0.29, 0.717) is 0 Å². The Hall–Kier alpha value is -1.35. The zero-order valence-corrected chi connectivity index (χ0v) is 11.1. The van der Waals surface area contributed by atoms with Crippen LogP contribution in [0.4, 0.5) is 0 Å². The van der Waals surface area contributed by atoms with E-state index in [4.69, 9.17) is 0 Å². The average Bonchev–Trinajstić information content (AvgIpc) is 2.69. The smallest absolute Gasteiger partial charge is 0.305 e. The Morgan fingerprint density at radius 1 is 1.24 bits per heavy atom. The van der Waals surface area contributed by atoms with Gasteiger partial charge in [-0.3, -0.25) is 4.79 Å². The van der Waals surface area contributed by atoms with Crippen LogP contribution in [0.25, 0.3) is 10.4 Å². The van der Waals surface area contributed by atoms with Crippen LogP contribution in [-0.2, 0) is 6.54 Å². The highest BCUT2D eigenvalue weighted by molar-refractivity contribution is 7.12. The highest BCUT2D eigenvalue weighted by Gasteiger charge is 2.05. The fraction of sp³-hybridized carbons (Fsp3) is 0.357. The minimum Gasteiger partial charge on any atom is -0.305 e. The molecule has 0 radical (unpaired) electrons. The quantitative estimate of drug-likeness (QED) is 0.807. The fourth-order valence-corrected chi connectivity index (χ4v) is 2.59. The van der Waals surface area contributed by atoms with E-state index in [1.54, 1.807) is 0 Å². The van der Waals surface area contributed by atoms with Gasteiger partial charge >= 0.3 is 4.87 Å². The summed E-state index contributed by atoms with van der Waals surface area (Å²) in [6.45, 7) is 5.04. The Balaban J connectivity index is 2.28. The predicted octanol–water partition coefficient (Wildman–Crippen LogP) is 3.69. The Bertz CT molecular complexity index is 536. The van der Waals surface area contributed by atoms with Crippen molar-refractivity contribution in [3.05, 3.63) is 45.7 Å². The van der Waals surface area contributed by atoms with Crippen LogP contribution >= 0.6 is 11.3 Å². The summed E-state index contributed by atoms with van der Waals surface area (Å²) in [7, 11) is 0. The molecule has 0 atom stereocenters. The van der Waals surface area contributed by atoms with Crippen molar-refractivity contribution in [2.24, 2.45) is 0 Å². The first kappa shape index (κ1) is 12.1. The van der Waals surface area contributed by atoms with Gasteiger partial charge in [-0.1, -0.05) is 54.5 Å². The molecular weight excluding hydrogens is 230 g/mol. The van der Waals surface area contributed by atoms with E-state index in [2.05, 4.69) is 38.1 Å². The Labute approximate surface area is 106 Å². The molecule has 17 heavy (non-hydrogen) atoms. The Kier molecular flexibility index (Phi) is 3.79. The molecule has 0 amide bonds. The van der Waals surface area contributed by atoms with E-state index < -0.39 is 0 Å². The first-order valence-electron chi connectivity index (χ1n) is 5.98. The van der Waals surface area contributed by atoms with Gasteiger partial charge in [0.1, 0.15) is 0 Å². The highest BCUT2D eigenvalue weighted by atomic mass is 32.1. The van der Waals surface area contributed by atoms with Crippen LogP contribution in [-0.4, -0.2) is 4.57 Å². The summed E-state index contributed by atoms with van der Waals surface area (Å²) >= 11 is 1.33. The molecule has 90 valence electrons. The first-order valence-corrected chi connectivity index (χ1v) is 6.79. The minimum atomic E-state index is 0.147. The van der Waals surface area contributed by atoms with Crippen LogP contribution < -0.4 is 4.87 Å². The van der Waals surface area contributed by atoms with Crippen molar-refractivity contribution in [3.63, 3.8) is 0 Å². The third kappa shape index (κ3) is 2.86. The van der Waals surface area contributed by atoms with Gasteiger partial charge in [0.05, 0.1) is 4.88 Å². The molecule has 1 aromatic carbocycles. The maximum Gasteiger partial charge on any atom is 0.307 e. The van der Waals surface area contributed by atoms with Crippen LogP contribution in [0, 0.1) is 6.92 Å². The number of hydrogen-bond donors (Lipinski definition) is 0. The van der Waals surface area contributed by atoms with Crippen molar-refractivity contribution in [3.8, 4) is 10.4 Å². The second kappa shape index (κ2) is 5.32. The molecule has 0 aliphatic rings. The van der Waals surface area contributed by atoms with Crippen molar-refractivity contribution < 1.29 is 0 Å². The van der Waals surface area contributed by atoms with Gasteiger partial charge in [-0.25, -0.2) is 0 Å². The monoisotopic (exact) mass is 247 g/mol. The lowest BCUT2D eigenvalue weighted by atomic mass is 10.1. The normalized spacial score (nSPS) is 10.7. The molecule has 0 aliphatic heterocycles. The van der Waals surface area contributed by atoms with Crippen LogP contribution in [0.2, 0.25) is 0 Å². The van der Waals surface area contributed by atoms with E-state index in [9.17, 15) is 4.79 Å². The number of thiazole rings is 1. The number of aryl methyl sites for hydroxylation is 2. The van der Waals surface area contributed by atoms with Gasteiger partial charge in [-0.2, -0.15) is 0 Å². The van der Waals surface area contributed by atoms with Crippen molar-refractivity contribution >= 4 is 11.3 Å². The Morgan fingerprint density at radius 3 is 2.59 bits per heavy atom. The topological polar surface area (TPSA) is 22.0 Å². The van der Waals surface area contributed by atoms with Crippen molar-refractivity contribution in [2.75, 3.05) is 0 Å². The molecule has 0 aliphatic carbocycles. The van der Waals surface area contributed by atoms with Gasteiger partial charge in [0.2, 0.25) is 0 Å². The second-order valence-corrected chi connectivity index (χ2v) is 5.27. The minimum absolute atomic E-state index is 0.147. The van der Waals surface area contributed by atoms with Crippen molar-refractivity contribution in [1.29, 1.82) is 0 Å².